The van der Waals surface area contributed by atoms with Crippen LogP contribution in [0.4, 0.5) is 0 Å². The van der Waals surface area contributed by atoms with Gasteiger partial charge < -0.3 is 14.5 Å². The summed E-state index contributed by atoms with van der Waals surface area (Å²) in [6, 6.07) is 13.5. The lowest BCUT2D eigenvalue weighted by atomic mass is 9.95. The highest BCUT2D eigenvalue weighted by molar-refractivity contribution is 6.30. The molecule has 174 valence electrons. The number of piperidine rings is 1. The van der Waals surface area contributed by atoms with Crippen LogP contribution in [0.2, 0.25) is 5.02 Å². The number of carbonyl (C=O) groups excluding carboxylic acids is 2. The van der Waals surface area contributed by atoms with Crippen LogP contribution in [0.25, 0.3) is 0 Å². The molecule has 3 aliphatic heterocycles. The van der Waals surface area contributed by atoms with E-state index in [1.54, 1.807) is 24.3 Å². The summed E-state index contributed by atoms with van der Waals surface area (Å²) in [6.45, 7) is 6.12. The van der Waals surface area contributed by atoms with Gasteiger partial charge in [-0.05, 0) is 54.3 Å². The first-order chi connectivity index (χ1) is 16.1. The maximum Gasteiger partial charge on any atom is 0.253 e. The number of piperazine rings is 1. The van der Waals surface area contributed by atoms with E-state index in [1.807, 2.05) is 9.80 Å². The Kier molecular flexibility index (Phi) is 6.56. The van der Waals surface area contributed by atoms with Gasteiger partial charge >= 0.3 is 0 Å². The molecule has 0 unspecified atom stereocenters. The number of carbonyl (C=O) groups is 2. The van der Waals surface area contributed by atoms with Gasteiger partial charge in [-0.25, -0.2) is 0 Å². The maximum atomic E-state index is 13.2. The third-order valence-electron chi connectivity index (χ3n) is 6.99. The van der Waals surface area contributed by atoms with Gasteiger partial charge in [0.1, 0.15) is 5.75 Å². The molecule has 2 amide bonds. The molecule has 2 aromatic rings. The van der Waals surface area contributed by atoms with E-state index in [9.17, 15) is 9.59 Å². The molecule has 0 aliphatic carbocycles. The van der Waals surface area contributed by atoms with E-state index in [2.05, 4.69) is 23.1 Å². The van der Waals surface area contributed by atoms with Crippen molar-refractivity contribution in [3.05, 3.63) is 64.2 Å². The van der Waals surface area contributed by atoms with Crippen LogP contribution >= 0.6 is 11.6 Å². The maximum absolute atomic E-state index is 13.2. The lowest BCUT2D eigenvalue weighted by Gasteiger charge is -2.39. The fourth-order valence-electron chi connectivity index (χ4n) is 5.12. The molecule has 5 rings (SSSR count). The zero-order chi connectivity index (χ0) is 22.8. The number of hydrogen-bond donors (Lipinski definition) is 0. The van der Waals surface area contributed by atoms with E-state index in [1.165, 1.54) is 11.1 Å². The van der Waals surface area contributed by atoms with Crippen molar-refractivity contribution in [3.63, 3.8) is 0 Å². The van der Waals surface area contributed by atoms with Crippen molar-refractivity contribution in [1.82, 2.24) is 14.7 Å². The molecule has 6 nitrogen and oxygen atoms in total. The monoisotopic (exact) mass is 467 g/mol. The van der Waals surface area contributed by atoms with Crippen LogP contribution in [0.1, 0.15) is 34.3 Å². The first-order valence-electron chi connectivity index (χ1n) is 11.9. The Hall–Kier alpha value is -2.57. The van der Waals surface area contributed by atoms with Gasteiger partial charge in [0, 0.05) is 62.8 Å². The summed E-state index contributed by atoms with van der Waals surface area (Å²) < 4.78 is 5.61. The molecular formula is C26H30ClN3O3. The summed E-state index contributed by atoms with van der Waals surface area (Å²) in [6.07, 6.45) is 2.70. The molecule has 2 aromatic carbocycles. The van der Waals surface area contributed by atoms with E-state index >= 15 is 0 Å². The Morgan fingerprint density at radius 3 is 2.55 bits per heavy atom. The fourth-order valence-corrected chi connectivity index (χ4v) is 5.25. The molecular weight excluding hydrogens is 438 g/mol. The molecule has 0 aromatic heterocycles. The Labute approximate surface area is 200 Å². The number of likely N-dealkylation sites (tertiary alicyclic amines) is 1. The predicted molar refractivity (Wildman–Crippen MR) is 128 cm³/mol. The van der Waals surface area contributed by atoms with Crippen molar-refractivity contribution in [2.24, 2.45) is 5.92 Å². The number of hydrogen-bond acceptors (Lipinski definition) is 4. The van der Waals surface area contributed by atoms with E-state index in [4.69, 9.17) is 16.3 Å². The molecule has 1 atom stereocenters. The second-order valence-corrected chi connectivity index (χ2v) is 9.68. The standard InChI is InChI=1S/C26H30ClN3O3/c27-23-6-4-20(5-7-23)25(31)30-10-1-2-22(18-30)26(32)29-13-11-28(12-14-29)17-19-3-8-24-21(16-19)9-15-33-24/h3-8,16,22H,1-2,9-15,17-18H2/t22-/m0/s1. The van der Waals surface area contributed by atoms with Gasteiger partial charge in [0.25, 0.3) is 5.91 Å². The van der Waals surface area contributed by atoms with Crippen LogP contribution in [0, 0.1) is 5.92 Å². The van der Waals surface area contributed by atoms with Gasteiger partial charge in [0.2, 0.25) is 5.91 Å². The van der Waals surface area contributed by atoms with Gasteiger partial charge in [-0.2, -0.15) is 0 Å². The number of rotatable bonds is 4. The molecule has 0 spiro atoms. The Bertz CT molecular complexity index is 1020. The minimum Gasteiger partial charge on any atom is -0.493 e. The normalized spacial score (nSPS) is 20.9. The Morgan fingerprint density at radius 2 is 1.76 bits per heavy atom. The average molecular weight is 468 g/mol. The van der Waals surface area contributed by atoms with Gasteiger partial charge in [-0.1, -0.05) is 23.7 Å². The SMILES string of the molecule is O=C(c1ccc(Cl)cc1)N1CCC[C@H](C(=O)N2CCN(Cc3ccc4c(c3)CCO4)CC2)C1. The lowest BCUT2D eigenvalue weighted by Crippen LogP contribution is -2.52. The summed E-state index contributed by atoms with van der Waals surface area (Å²) in [5.41, 5.74) is 3.23. The molecule has 2 saturated heterocycles. The van der Waals surface area contributed by atoms with Gasteiger partial charge in [0.15, 0.2) is 0 Å². The quantitative estimate of drug-likeness (QED) is 0.691. The van der Waals surface area contributed by atoms with E-state index < -0.39 is 0 Å². The number of ether oxygens (including phenoxy) is 1. The summed E-state index contributed by atoms with van der Waals surface area (Å²) in [7, 11) is 0. The summed E-state index contributed by atoms with van der Waals surface area (Å²) in [5.74, 6) is 1.08. The topological polar surface area (TPSA) is 53.1 Å². The zero-order valence-corrected chi connectivity index (χ0v) is 19.6. The molecule has 0 saturated carbocycles. The lowest BCUT2D eigenvalue weighted by molar-refractivity contribution is -0.138. The Balaban J connectivity index is 1.13. The molecule has 0 bridgehead atoms. The minimum absolute atomic E-state index is 0.0197. The smallest absolute Gasteiger partial charge is 0.253 e. The third-order valence-corrected chi connectivity index (χ3v) is 7.25. The largest absolute Gasteiger partial charge is 0.493 e. The van der Waals surface area contributed by atoms with Crippen LogP contribution in [-0.2, 0) is 17.8 Å². The zero-order valence-electron chi connectivity index (χ0n) is 18.8. The third kappa shape index (κ3) is 5.02. The summed E-state index contributed by atoms with van der Waals surface area (Å²) >= 11 is 5.95. The minimum atomic E-state index is -0.113. The highest BCUT2D eigenvalue weighted by Crippen LogP contribution is 2.27. The molecule has 0 radical (unpaired) electrons. The molecule has 7 heteroatoms. The molecule has 0 N–H and O–H groups in total. The number of fused-ring (bicyclic) bond motifs is 1. The number of nitrogens with zero attached hydrogens (tertiary/aromatic N) is 3. The fraction of sp³-hybridized carbons (Fsp3) is 0.462. The van der Waals surface area contributed by atoms with Crippen LogP contribution in [0.15, 0.2) is 42.5 Å². The molecule has 3 heterocycles. The molecule has 3 aliphatic rings. The van der Waals surface area contributed by atoms with Crippen LogP contribution < -0.4 is 4.74 Å². The van der Waals surface area contributed by atoms with E-state index in [0.29, 0.717) is 23.7 Å². The first kappa shape index (κ1) is 22.2. The van der Waals surface area contributed by atoms with Crippen molar-refractivity contribution in [2.75, 3.05) is 45.9 Å². The van der Waals surface area contributed by atoms with E-state index in [0.717, 1.165) is 64.3 Å². The second kappa shape index (κ2) is 9.74. The van der Waals surface area contributed by atoms with Crippen molar-refractivity contribution in [2.45, 2.75) is 25.8 Å². The molecule has 2 fully saturated rings. The van der Waals surface area contributed by atoms with Crippen LogP contribution in [0.3, 0.4) is 0 Å². The first-order valence-corrected chi connectivity index (χ1v) is 12.3. The highest BCUT2D eigenvalue weighted by atomic mass is 35.5. The number of benzene rings is 2. The van der Waals surface area contributed by atoms with Crippen molar-refractivity contribution in [3.8, 4) is 5.75 Å². The van der Waals surface area contributed by atoms with Crippen LogP contribution in [0.5, 0.6) is 5.75 Å². The van der Waals surface area contributed by atoms with Crippen molar-refractivity contribution >= 4 is 23.4 Å². The van der Waals surface area contributed by atoms with Gasteiger partial charge in [-0.15, -0.1) is 0 Å². The number of halogens is 1. The average Bonchev–Trinajstić information content (AvgIpc) is 3.32. The predicted octanol–water partition coefficient (Wildman–Crippen LogP) is 3.47. The van der Waals surface area contributed by atoms with E-state index in [-0.39, 0.29) is 17.7 Å². The number of amides is 2. The van der Waals surface area contributed by atoms with Crippen molar-refractivity contribution < 1.29 is 14.3 Å². The van der Waals surface area contributed by atoms with Crippen molar-refractivity contribution in [1.29, 1.82) is 0 Å². The van der Waals surface area contributed by atoms with Gasteiger partial charge in [0.05, 0.1) is 12.5 Å². The Morgan fingerprint density at radius 1 is 0.970 bits per heavy atom. The second-order valence-electron chi connectivity index (χ2n) is 9.24. The highest BCUT2D eigenvalue weighted by Gasteiger charge is 2.33. The molecule has 33 heavy (non-hydrogen) atoms. The summed E-state index contributed by atoms with van der Waals surface area (Å²) in [5, 5.41) is 0.614. The van der Waals surface area contributed by atoms with Crippen LogP contribution in [-0.4, -0.2) is 72.4 Å². The van der Waals surface area contributed by atoms with Gasteiger partial charge in [-0.3, -0.25) is 14.5 Å². The summed E-state index contributed by atoms with van der Waals surface area (Å²) in [4.78, 5) is 32.4.